The first-order valence-electron chi connectivity index (χ1n) is 11.2. The van der Waals surface area contributed by atoms with Crippen molar-refractivity contribution in [2.24, 2.45) is 11.0 Å². The van der Waals surface area contributed by atoms with Crippen LogP contribution in [0.5, 0.6) is 0 Å². The molecule has 2 aromatic carbocycles. The third kappa shape index (κ3) is 3.79. The number of halogens is 2. The minimum absolute atomic E-state index is 0.0263. The van der Waals surface area contributed by atoms with Crippen molar-refractivity contribution in [2.45, 2.75) is 62.7 Å². The van der Waals surface area contributed by atoms with E-state index in [1.165, 1.54) is 55.5 Å². The maximum atomic E-state index is 14.5. The minimum Gasteiger partial charge on any atom is -0.273 e. The normalized spacial score (nSPS) is 23.3. The Labute approximate surface area is 185 Å². The van der Waals surface area contributed by atoms with Gasteiger partial charge in [-0.2, -0.15) is 5.10 Å². The van der Waals surface area contributed by atoms with Gasteiger partial charge in [-0.3, -0.25) is 4.79 Å². The summed E-state index contributed by atoms with van der Waals surface area (Å²) in [7, 11) is 0. The van der Waals surface area contributed by atoms with Crippen LogP contribution in [0.25, 0.3) is 0 Å². The lowest BCUT2D eigenvalue weighted by molar-refractivity contribution is -0.135. The van der Waals surface area contributed by atoms with Crippen LogP contribution in [0.1, 0.15) is 68.1 Å². The lowest BCUT2D eigenvalue weighted by Crippen LogP contribution is -2.39. The Kier molecular flexibility index (Phi) is 5.59. The van der Waals surface area contributed by atoms with E-state index in [4.69, 9.17) is 0 Å². The number of carbonyl (C=O) groups excluding carboxylic acids is 1. The first kappa shape index (κ1) is 20.7. The summed E-state index contributed by atoms with van der Waals surface area (Å²) in [4.78, 5) is 12.8. The fourth-order valence-corrected chi connectivity index (χ4v) is 6.67. The van der Waals surface area contributed by atoms with Crippen molar-refractivity contribution < 1.29 is 13.6 Å². The molecule has 1 spiro atoms. The molecule has 1 atom stereocenters. The van der Waals surface area contributed by atoms with Crippen molar-refractivity contribution in [1.82, 2.24) is 5.01 Å². The van der Waals surface area contributed by atoms with Gasteiger partial charge < -0.3 is 0 Å². The maximum absolute atomic E-state index is 14.5. The van der Waals surface area contributed by atoms with Gasteiger partial charge >= 0.3 is 0 Å². The van der Waals surface area contributed by atoms with Gasteiger partial charge in [0.25, 0.3) is 0 Å². The molecule has 3 nitrogen and oxygen atoms in total. The Balaban J connectivity index is 1.47. The average molecular weight is 441 g/mol. The summed E-state index contributed by atoms with van der Waals surface area (Å²) in [6, 6.07) is 11.5. The van der Waals surface area contributed by atoms with E-state index in [1.54, 1.807) is 5.01 Å². The zero-order valence-corrected chi connectivity index (χ0v) is 18.3. The van der Waals surface area contributed by atoms with E-state index in [2.05, 4.69) is 11.2 Å². The van der Waals surface area contributed by atoms with Gasteiger partial charge in [0.05, 0.1) is 0 Å². The van der Waals surface area contributed by atoms with Crippen LogP contribution in [0, 0.1) is 17.6 Å². The molecule has 1 saturated carbocycles. The Morgan fingerprint density at radius 2 is 1.94 bits per heavy atom. The van der Waals surface area contributed by atoms with E-state index in [-0.39, 0.29) is 11.5 Å². The predicted molar refractivity (Wildman–Crippen MR) is 120 cm³/mol. The summed E-state index contributed by atoms with van der Waals surface area (Å²) in [5.41, 5.74) is 2.37. The molecule has 0 aromatic heterocycles. The zero-order valence-electron chi connectivity index (χ0n) is 17.4. The molecular weight excluding hydrogens is 414 g/mol. The summed E-state index contributed by atoms with van der Waals surface area (Å²) in [6.07, 6.45) is 9.04. The van der Waals surface area contributed by atoms with Crippen molar-refractivity contribution in [3.8, 4) is 0 Å². The highest BCUT2D eigenvalue weighted by Crippen LogP contribution is 2.55. The first-order valence-corrected chi connectivity index (χ1v) is 12.0. The van der Waals surface area contributed by atoms with Crippen LogP contribution >= 0.6 is 11.8 Å². The molecule has 1 heterocycles. The number of rotatable bonds is 4. The third-order valence-electron chi connectivity index (χ3n) is 6.86. The van der Waals surface area contributed by atoms with Gasteiger partial charge in [-0.25, -0.2) is 13.8 Å². The molecule has 2 aromatic rings. The number of hydrogen-bond donors (Lipinski definition) is 0. The van der Waals surface area contributed by atoms with Crippen LogP contribution in [-0.4, -0.2) is 16.0 Å². The largest absolute Gasteiger partial charge is 0.273 e. The smallest absolute Gasteiger partial charge is 0.244 e. The lowest BCUT2D eigenvalue weighted by Gasteiger charge is -2.33. The number of thioether (sulfide) groups is 1. The van der Waals surface area contributed by atoms with Crippen molar-refractivity contribution in [2.75, 3.05) is 0 Å². The number of fused-ring (bicyclic) bond motifs is 2. The van der Waals surface area contributed by atoms with Crippen LogP contribution in [0.4, 0.5) is 8.78 Å². The highest BCUT2D eigenvalue weighted by Gasteiger charge is 2.52. The van der Waals surface area contributed by atoms with Crippen LogP contribution in [0.15, 0.2) is 47.6 Å². The zero-order chi connectivity index (χ0) is 21.4. The lowest BCUT2D eigenvalue weighted by atomic mass is 9.86. The highest BCUT2D eigenvalue weighted by molar-refractivity contribution is 8.15. The molecule has 0 radical (unpaired) electrons. The Morgan fingerprint density at radius 3 is 2.77 bits per heavy atom. The molecule has 3 aliphatic rings. The second-order valence-electron chi connectivity index (χ2n) is 8.82. The molecule has 2 aliphatic carbocycles. The number of nitrogens with zero attached hydrogens (tertiary/aromatic N) is 2. The van der Waals surface area contributed by atoms with E-state index < -0.39 is 16.5 Å². The summed E-state index contributed by atoms with van der Waals surface area (Å²) >= 11 is 1.39. The van der Waals surface area contributed by atoms with E-state index in [0.29, 0.717) is 17.4 Å². The molecule has 0 N–H and O–H groups in total. The second kappa shape index (κ2) is 8.38. The van der Waals surface area contributed by atoms with Gasteiger partial charge in [0.15, 0.2) is 0 Å². The van der Waals surface area contributed by atoms with Crippen LogP contribution in [0.3, 0.4) is 0 Å². The Hall–Kier alpha value is -2.21. The number of benzene rings is 2. The number of hydrogen-bond acceptors (Lipinski definition) is 3. The number of aryl methyl sites for hydroxylation is 1. The van der Waals surface area contributed by atoms with Gasteiger partial charge in [-0.1, -0.05) is 68.1 Å². The van der Waals surface area contributed by atoms with Gasteiger partial charge in [0.1, 0.15) is 21.5 Å². The third-order valence-corrected chi connectivity index (χ3v) is 8.29. The molecule has 1 unspecified atom stereocenters. The molecule has 6 heteroatoms. The summed E-state index contributed by atoms with van der Waals surface area (Å²) in [6.45, 7) is 0. The molecule has 1 amide bonds. The van der Waals surface area contributed by atoms with E-state index in [9.17, 15) is 13.6 Å². The average Bonchev–Trinajstić information content (AvgIpc) is 3.37. The number of carbonyl (C=O) groups is 1. The van der Waals surface area contributed by atoms with Crippen LogP contribution in [0.2, 0.25) is 0 Å². The van der Waals surface area contributed by atoms with Crippen molar-refractivity contribution in [1.29, 1.82) is 0 Å². The first-order chi connectivity index (χ1) is 15.1. The Bertz CT molecular complexity index is 1030. The fourth-order valence-electron chi connectivity index (χ4n) is 5.22. The second-order valence-corrected chi connectivity index (χ2v) is 10.1. The standard InChI is InChI=1S/C25H26F2N2OS/c26-19-11-12-22(27)20(16-19)24-28-29(23(30)13-10-17-6-2-1-3-7-17)25(31-24)15-14-18-8-4-5-9-21(18)25/h4-5,8-9,11-12,16-17H,1-3,6-7,10,13-15H2. The molecule has 31 heavy (non-hydrogen) atoms. The molecule has 1 fully saturated rings. The van der Waals surface area contributed by atoms with E-state index >= 15 is 0 Å². The van der Waals surface area contributed by atoms with Crippen molar-refractivity contribution in [3.05, 3.63) is 70.8 Å². The van der Waals surface area contributed by atoms with Crippen molar-refractivity contribution in [3.63, 3.8) is 0 Å². The molecule has 1 aliphatic heterocycles. The molecule has 0 bridgehead atoms. The summed E-state index contributed by atoms with van der Waals surface area (Å²) < 4.78 is 28.4. The SMILES string of the molecule is O=C(CCC1CCCCC1)N1N=C(c2cc(F)ccc2F)SC12CCc1ccccc12. The fraction of sp³-hybridized carbons (Fsp3) is 0.440. The quantitative estimate of drug-likeness (QED) is 0.554. The molecule has 0 saturated heterocycles. The van der Waals surface area contributed by atoms with E-state index in [1.807, 2.05) is 18.2 Å². The van der Waals surface area contributed by atoms with Gasteiger partial charge in [-0.05, 0) is 54.5 Å². The number of amides is 1. The predicted octanol–water partition coefficient (Wildman–Crippen LogP) is 6.36. The van der Waals surface area contributed by atoms with Gasteiger partial charge in [0.2, 0.25) is 5.91 Å². The van der Waals surface area contributed by atoms with Crippen LogP contribution in [-0.2, 0) is 16.1 Å². The monoisotopic (exact) mass is 440 g/mol. The molecular formula is C25H26F2N2OS. The topological polar surface area (TPSA) is 32.7 Å². The molecule has 5 rings (SSSR count). The van der Waals surface area contributed by atoms with Crippen LogP contribution < -0.4 is 0 Å². The summed E-state index contributed by atoms with van der Waals surface area (Å²) in [5.74, 6) is -0.460. The van der Waals surface area contributed by atoms with Gasteiger partial charge in [0, 0.05) is 12.0 Å². The van der Waals surface area contributed by atoms with E-state index in [0.717, 1.165) is 37.0 Å². The maximum Gasteiger partial charge on any atom is 0.244 e. The summed E-state index contributed by atoms with van der Waals surface area (Å²) in [5, 5.41) is 6.58. The highest BCUT2D eigenvalue weighted by atomic mass is 32.2. The van der Waals surface area contributed by atoms with Crippen molar-refractivity contribution >= 4 is 22.7 Å². The van der Waals surface area contributed by atoms with Gasteiger partial charge in [-0.15, -0.1) is 0 Å². The number of hydrazone groups is 1. The minimum atomic E-state index is -0.672. The molecule has 162 valence electrons. The Morgan fingerprint density at radius 1 is 1.13 bits per heavy atom.